The van der Waals surface area contributed by atoms with Crippen LogP contribution in [0.5, 0.6) is 5.75 Å². The minimum atomic E-state index is -0.0451. The van der Waals surface area contributed by atoms with Crippen LogP contribution in [0.2, 0.25) is 0 Å². The summed E-state index contributed by atoms with van der Waals surface area (Å²) in [7, 11) is 0. The van der Waals surface area contributed by atoms with Gasteiger partial charge < -0.3 is 14.5 Å². The molecule has 0 spiro atoms. The van der Waals surface area contributed by atoms with E-state index in [9.17, 15) is 0 Å². The second kappa shape index (κ2) is 3.31. The number of hydrogen-bond acceptors (Lipinski definition) is 4. The number of anilines is 1. The molecule has 0 radical (unpaired) electrons. The van der Waals surface area contributed by atoms with Crippen LogP contribution in [-0.4, -0.2) is 11.5 Å². The highest BCUT2D eigenvalue weighted by Gasteiger charge is 2.22. The van der Waals surface area contributed by atoms with Crippen LogP contribution in [0.3, 0.4) is 0 Å². The van der Waals surface area contributed by atoms with E-state index in [0.717, 1.165) is 17.1 Å². The Hall–Kier alpha value is -1.97. The molecule has 1 aliphatic heterocycles. The first-order valence-corrected chi connectivity index (χ1v) is 4.81. The van der Waals surface area contributed by atoms with Crippen molar-refractivity contribution in [2.45, 2.75) is 6.10 Å². The summed E-state index contributed by atoms with van der Waals surface area (Å²) in [4.78, 5) is 4.26. The van der Waals surface area contributed by atoms with Gasteiger partial charge in [0.25, 0.3) is 0 Å². The lowest BCUT2D eigenvalue weighted by atomic mass is 10.2. The van der Waals surface area contributed by atoms with E-state index >= 15 is 0 Å². The second-order valence-corrected chi connectivity index (χ2v) is 3.39. The Bertz CT molecular complexity index is 453. The Morgan fingerprint density at radius 2 is 2.33 bits per heavy atom. The lowest BCUT2D eigenvalue weighted by Gasteiger charge is -2.23. The Labute approximate surface area is 86.9 Å². The SMILES string of the molecule is c1ccc(C2CNc3cocc3O2)nc1. The van der Waals surface area contributed by atoms with Crippen molar-refractivity contribution in [3.8, 4) is 5.75 Å². The predicted octanol–water partition coefficient (Wildman–Crippen LogP) is 2.22. The van der Waals surface area contributed by atoms with Crippen LogP contribution in [0, 0.1) is 0 Å². The lowest BCUT2D eigenvalue weighted by molar-refractivity contribution is 0.204. The summed E-state index contributed by atoms with van der Waals surface area (Å²) in [6, 6.07) is 5.80. The zero-order valence-corrected chi connectivity index (χ0v) is 8.01. The predicted molar refractivity (Wildman–Crippen MR) is 54.8 cm³/mol. The maximum absolute atomic E-state index is 5.74. The number of nitrogens with zero attached hydrogens (tertiary/aromatic N) is 1. The highest BCUT2D eigenvalue weighted by atomic mass is 16.5. The molecule has 0 aliphatic carbocycles. The fourth-order valence-electron chi connectivity index (χ4n) is 1.63. The van der Waals surface area contributed by atoms with Gasteiger partial charge in [-0.2, -0.15) is 0 Å². The molecular weight excluding hydrogens is 192 g/mol. The maximum Gasteiger partial charge on any atom is 0.181 e. The van der Waals surface area contributed by atoms with Gasteiger partial charge in [-0.3, -0.25) is 4.98 Å². The average Bonchev–Trinajstić information content (AvgIpc) is 2.77. The van der Waals surface area contributed by atoms with E-state index in [1.165, 1.54) is 0 Å². The van der Waals surface area contributed by atoms with E-state index < -0.39 is 0 Å². The summed E-state index contributed by atoms with van der Waals surface area (Å²) >= 11 is 0. The van der Waals surface area contributed by atoms with E-state index in [1.54, 1.807) is 18.7 Å². The van der Waals surface area contributed by atoms with Crippen molar-refractivity contribution < 1.29 is 9.15 Å². The second-order valence-electron chi connectivity index (χ2n) is 3.39. The first-order valence-electron chi connectivity index (χ1n) is 4.81. The summed E-state index contributed by atoms with van der Waals surface area (Å²) in [6.45, 7) is 0.712. The van der Waals surface area contributed by atoms with Crippen molar-refractivity contribution in [3.05, 3.63) is 42.6 Å². The van der Waals surface area contributed by atoms with Crippen LogP contribution < -0.4 is 10.1 Å². The van der Waals surface area contributed by atoms with Crippen molar-refractivity contribution in [2.75, 3.05) is 11.9 Å². The first kappa shape index (κ1) is 8.35. The molecule has 0 amide bonds. The third-order valence-electron chi connectivity index (χ3n) is 2.39. The van der Waals surface area contributed by atoms with Gasteiger partial charge in [-0.1, -0.05) is 6.07 Å². The molecule has 0 saturated carbocycles. The number of furan rings is 1. The minimum Gasteiger partial charge on any atom is -0.477 e. The van der Waals surface area contributed by atoms with Crippen LogP contribution in [0.4, 0.5) is 5.69 Å². The van der Waals surface area contributed by atoms with Crippen LogP contribution in [0.1, 0.15) is 11.8 Å². The normalized spacial score (nSPS) is 18.8. The summed E-state index contributed by atoms with van der Waals surface area (Å²) < 4.78 is 10.8. The largest absolute Gasteiger partial charge is 0.477 e. The average molecular weight is 202 g/mol. The Kier molecular flexibility index (Phi) is 1.84. The summed E-state index contributed by atoms with van der Waals surface area (Å²) in [6.07, 6.45) is 4.96. The van der Waals surface area contributed by atoms with Gasteiger partial charge in [0.15, 0.2) is 11.9 Å². The maximum atomic E-state index is 5.74. The molecule has 0 aromatic carbocycles. The van der Waals surface area contributed by atoms with E-state index in [2.05, 4.69) is 10.3 Å². The zero-order valence-electron chi connectivity index (χ0n) is 8.01. The Morgan fingerprint density at radius 1 is 1.33 bits per heavy atom. The number of nitrogens with one attached hydrogen (secondary N) is 1. The van der Waals surface area contributed by atoms with Gasteiger partial charge in [0.05, 0.1) is 12.2 Å². The third-order valence-corrected chi connectivity index (χ3v) is 2.39. The molecule has 1 N–H and O–H groups in total. The first-order chi connectivity index (χ1) is 7.43. The van der Waals surface area contributed by atoms with Crippen LogP contribution in [0.15, 0.2) is 41.3 Å². The van der Waals surface area contributed by atoms with Gasteiger partial charge >= 0.3 is 0 Å². The third kappa shape index (κ3) is 1.44. The molecular formula is C11H10N2O2. The van der Waals surface area contributed by atoms with Crippen molar-refractivity contribution >= 4 is 5.69 Å². The lowest BCUT2D eigenvalue weighted by Crippen LogP contribution is -2.23. The number of aromatic nitrogens is 1. The van der Waals surface area contributed by atoms with Gasteiger partial charge in [-0.05, 0) is 12.1 Å². The number of ether oxygens (including phenoxy) is 1. The van der Waals surface area contributed by atoms with Crippen LogP contribution in [0.25, 0.3) is 0 Å². The summed E-state index contributed by atoms with van der Waals surface area (Å²) in [5, 5.41) is 3.23. The molecule has 4 nitrogen and oxygen atoms in total. The van der Waals surface area contributed by atoms with E-state index in [4.69, 9.17) is 9.15 Å². The molecule has 2 aromatic rings. The van der Waals surface area contributed by atoms with Crippen molar-refractivity contribution in [1.82, 2.24) is 4.98 Å². The van der Waals surface area contributed by atoms with Gasteiger partial charge in [0, 0.05) is 6.20 Å². The van der Waals surface area contributed by atoms with Crippen molar-refractivity contribution in [2.24, 2.45) is 0 Å². The monoisotopic (exact) mass is 202 g/mol. The topological polar surface area (TPSA) is 47.3 Å². The number of fused-ring (bicyclic) bond motifs is 1. The number of hydrogen-bond donors (Lipinski definition) is 1. The molecule has 0 saturated heterocycles. The summed E-state index contributed by atoms with van der Waals surface area (Å²) in [5.74, 6) is 0.747. The molecule has 4 heteroatoms. The van der Waals surface area contributed by atoms with Crippen molar-refractivity contribution in [1.29, 1.82) is 0 Å². The highest BCUT2D eigenvalue weighted by molar-refractivity contribution is 5.55. The fraction of sp³-hybridized carbons (Fsp3) is 0.182. The van der Waals surface area contributed by atoms with Gasteiger partial charge in [-0.25, -0.2) is 0 Å². The van der Waals surface area contributed by atoms with Crippen molar-refractivity contribution in [3.63, 3.8) is 0 Å². The van der Waals surface area contributed by atoms with Gasteiger partial charge in [0.1, 0.15) is 18.2 Å². The molecule has 1 aliphatic rings. The highest BCUT2D eigenvalue weighted by Crippen LogP contribution is 2.34. The molecule has 1 unspecified atom stereocenters. The Morgan fingerprint density at radius 3 is 3.20 bits per heavy atom. The standard InChI is InChI=1S/C11H10N2O2/c1-2-4-12-8(3-1)10-5-13-9-6-14-7-11(9)15-10/h1-4,6-7,10,13H,5H2. The molecule has 0 bridgehead atoms. The van der Waals surface area contributed by atoms with E-state index in [1.807, 2.05) is 18.2 Å². The molecule has 76 valence electrons. The van der Waals surface area contributed by atoms with Gasteiger partial charge in [0.2, 0.25) is 0 Å². The molecule has 0 fully saturated rings. The van der Waals surface area contributed by atoms with E-state index in [0.29, 0.717) is 6.54 Å². The quantitative estimate of drug-likeness (QED) is 0.770. The number of pyridine rings is 1. The molecule has 3 heterocycles. The van der Waals surface area contributed by atoms with E-state index in [-0.39, 0.29) is 6.10 Å². The van der Waals surface area contributed by atoms with Crippen LogP contribution >= 0.6 is 0 Å². The minimum absolute atomic E-state index is 0.0451. The van der Waals surface area contributed by atoms with Gasteiger partial charge in [-0.15, -0.1) is 0 Å². The van der Waals surface area contributed by atoms with Crippen LogP contribution in [-0.2, 0) is 0 Å². The molecule has 15 heavy (non-hydrogen) atoms. The fourth-order valence-corrected chi connectivity index (χ4v) is 1.63. The molecule has 3 rings (SSSR count). The zero-order chi connectivity index (χ0) is 10.1. The number of rotatable bonds is 1. The molecule has 1 atom stereocenters. The smallest absolute Gasteiger partial charge is 0.181 e. The Balaban J connectivity index is 1.88. The molecule has 2 aromatic heterocycles. The summed E-state index contributed by atoms with van der Waals surface area (Å²) in [5.41, 5.74) is 1.83.